The molecule has 4 aliphatic carbocycles. The summed E-state index contributed by atoms with van der Waals surface area (Å²) in [5, 5.41) is 5.74. The van der Waals surface area contributed by atoms with Crippen LogP contribution in [0, 0.1) is 59.0 Å². The smallest absolute Gasteiger partial charge is 0.286 e. The molecule has 2 aromatic carbocycles. The number of fused-ring (bicyclic) bond motifs is 12. The van der Waals surface area contributed by atoms with Gasteiger partial charge in [-0.1, -0.05) is 0 Å². The molecule has 10 unspecified atom stereocenters. The van der Waals surface area contributed by atoms with Crippen molar-refractivity contribution in [2.45, 2.75) is 73.5 Å². The summed E-state index contributed by atoms with van der Waals surface area (Å²) < 4.78 is 120. The van der Waals surface area contributed by atoms with Crippen molar-refractivity contribution in [3.05, 3.63) is 96.1 Å². The number of anilines is 4. The number of aromatic nitrogens is 2. The third-order valence-electron chi connectivity index (χ3n) is 15.8. The van der Waals surface area contributed by atoms with Gasteiger partial charge in [-0.2, -0.15) is 16.8 Å². The van der Waals surface area contributed by atoms with Crippen LogP contribution in [0.15, 0.2) is 91.6 Å². The maximum Gasteiger partial charge on any atom is 0.286 e. The fourth-order valence-electron chi connectivity index (χ4n) is 13.1. The number of sulfonamides is 3. The highest BCUT2D eigenvalue weighted by Crippen LogP contribution is 2.56. The summed E-state index contributed by atoms with van der Waals surface area (Å²) in [6, 6.07) is 11.5. The first kappa shape index (κ1) is 45.6. The Balaban J connectivity index is 0.841. The molecule has 0 spiro atoms. The summed E-state index contributed by atoms with van der Waals surface area (Å²) in [6.07, 6.45) is 7.49. The fourth-order valence-corrected chi connectivity index (χ4v) is 16.4. The highest BCUT2D eigenvalue weighted by atomic mass is 32.2. The molecule has 6 heterocycles. The SMILES string of the molecule is CS(=O)(=O)N(c1ccc2c(c1)S(=O)(=O)N=C(C1C(=O)C3C4CCC(C4)C3N(Cc3ccc(F)cn3)C1=O)N2)c1ccc2c(c1)S(=O)(=O)N=C(C1C(=O)C3C4CCC(C4)C3N(Cc3ccc(F)cn3)C1=O)N2. The summed E-state index contributed by atoms with van der Waals surface area (Å²) in [4.78, 5) is 67.7. The second-order valence-electron chi connectivity index (χ2n) is 19.8. The van der Waals surface area contributed by atoms with E-state index in [1.807, 2.05) is 0 Å². The first-order valence-corrected chi connectivity index (χ1v) is 27.9. The molecule has 368 valence electrons. The number of Topliss-reactive ketones (excluding diaryl/α,β-unsaturated/α-hetero) is 2. The predicted molar refractivity (Wildman–Crippen MR) is 249 cm³/mol. The lowest BCUT2D eigenvalue weighted by atomic mass is 9.73. The number of amides is 2. The summed E-state index contributed by atoms with van der Waals surface area (Å²) >= 11 is 0. The molecule has 2 amide bonds. The number of piperidine rings is 2. The highest BCUT2D eigenvalue weighted by molar-refractivity contribution is 7.92. The molecule has 4 bridgehead atoms. The van der Waals surface area contributed by atoms with Gasteiger partial charge in [-0.25, -0.2) is 21.5 Å². The van der Waals surface area contributed by atoms with Crippen molar-refractivity contribution in [2.24, 2.45) is 56.1 Å². The minimum absolute atomic E-state index is 0.0262. The predicted octanol–water partition coefficient (Wildman–Crippen LogP) is 4.16. The average Bonchev–Trinajstić information content (AvgIpc) is 4.14. The molecule has 2 saturated heterocycles. The van der Waals surface area contributed by atoms with Crippen molar-refractivity contribution >= 4 is 87.9 Å². The molecule has 4 saturated carbocycles. The van der Waals surface area contributed by atoms with Crippen LogP contribution in [-0.4, -0.2) is 98.4 Å². The van der Waals surface area contributed by atoms with Crippen molar-refractivity contribution in [1.82, 2.24) is 19.8 Å². The van der Waals surface area contributed by atoms with Gasteiger partial charge in [-0.15, -0.1) is 8.80 Å². The maximum absolute atomic E-state index is 14.4. The van der Waals surface area contributed by atoms with Crippen LogP contribution < -0.4 is 14.9 Å². The number of likely N-dealkylation sites (tertiary alicyclic amines) is 2. The molecule has 19 nitrogen and oxygen atoms in total. The van der Waals surface area contributed by atoms with Gasteiger partial charge < -0.3 is 20.4 Å². The molecule has 24 heteroatoms. The summed E-state index contributed by atoms with van der Waals surface area (Å²) in [5.41, 5.74) is 0.0513. The summed E-state index contributed by atoms with van der Waals surface area (Å²) in [6.45, 7) is -0.0825. The van der Waals surface area contributed by atoms with Gasteiger partial charge in [0.1, 0.15) is 33.1 Å². The second kappa shape index (κ2) is 16.0. The Hall–Kier alpha value is -6.53. The molecule has 4 aromatic rings. The number of ketones is 2. The van der Waals surface area contributed by atoms with E-state index in [-0.39, 0.29) is 59.5 Å². The first-order valence-electron chi connectivity index (χ1n) is 23.2. The molecular weight excluding hydrogens is 985 g/mol. The van der Waals surface area contributed by atoms with E-state index in [0.717, 1.165) is 69.3 Å². The Morgan fingerprint density at radius 3 is 1.41 bits per heavy atom. The number of carbonyl (C=O) groups is 4. The largest absolute Gasteiger partial charge is 0.341 e. The van der Waals surface area contributed by atoms with Gasteiger partial charge in [-0.3, -0.25) is 29.1 Å². The molecule has 2 aromatic heterocycles. The molecule has 0 radical (unpaired) electrons. The number of hydrogen-bond acceptors (Lipinski definition) is 14. The van der Waals surface area contributed by atoms with E-state index in [0.29, 0.717) is 15.7 Å². The number of nitrogens with zero attached hydrogens (tertiary/aromatic N) is 7. The molecule has 8 aliphatic rings. The molecule has 6 fully saturated rings. The highest BCUT2D eigenvalue weighted by Gasteiger charge is 2.62. The monoisotopic (exact) mass is 1030 g/mol. The Labute approximate surface area is 406 Å². The third kappa shape index (κ3) is 7.28. The lowest BCUT2D eigenvalue weighted by Crippen LogP contribution is -2.61. The molecule has 71 heavy (non-hydrogen) atoms. The Morgan fingerprint density at radius 1 is 0.620 bits per heavy atom. The van der Waals surface area contributed by atoms with Crippen molar-refractivity contribution in [3.63, 3.8) is 0 Å². The first-order chi connectivity index (χ1) is 33.8. The number of pyridine rings is 2. The second-order valence-corrected chi connectivity index (χ2v) is 24.8. The molecule has 10 atom stereocenters. The molecular formula is C47H43F2N9O10S3. The third-order valence-corrected chi connectivity index (χ3v) is 19.5. The fraction of sp³-hybridized carbons (Fsp3) is 0.404. The van der Waals surface area contributed by atoms with E-state index in [1.165, 1.54) is 58.3 Å². The van der Waals surface area contributed by atoms with Crippen molar-refractivity contribution in [2.75, 3.05) is 21.2 Å². The van der Waals surface area contributed by atoms with E-state index in [1.54, 1.807) is 0 Å². The van der Waals surface area contributed by atoms with Crippen LogP contribution in [0.1, 0.15) is 49.9 Å². The normalized spacial score (nSPS) is 30.7. The van der Waals surface area contributed by atoms with Gasteiger partial charge in [0.2, 0.25) is 21.8 Å². The maximum atomic E-state index is 14.4. The van der Waals surface area contributed by atoms with Crippen LogP contribution in [0.5, 0.6) is 0 Å². The number of halogens is 2. The minimum Gasteiger partial charge on any atom is -0.341 e. The number of rotatable bonds is 9. The zero-order chi connectivity index (χ0) is 49.6. The van der Waals surface area contributed by atoms with E-state index < -0.39 is 122 Å². The lowest BCUT2D eigenvalue weighted by molar-refractivity contribution is -0.154. The zero-order valence-corrected chi connectivity index (χ0v) is 40.0. The van der Waals surface area contributed by atoms with E-state index in [4.69, 9.17) is 0 Å². The van der Waals surface area contributed by atoms with E-state index >= 15 is 0 Å². The van der Waals surface area contributed by atoms with Crippen LogP contribution >= 0.6 is 0 Å². The zero-order valence-electron chi connectivity index (χ0n) is 37.6. The Kier molecular flexibility index (Phi) is 10.3. The lowest BCUT2D eigenvalue weighted by Gasteiger charge is -2.45. The van der Waals surface area contributed by atoms with Gasteiger partial charge in [0.15, 0.2) is 23.4 Å². The number of amidine groups is 2. The summed E-state index contributed by atoms with van der Waals surface area (Å²) in [7, 11) is -13.9. The van der Waals surface area contributed by atoms with Crippen LogP contribution in [-0.2, 0) is 62.3 Å². The molecule has 4 aliphatic heterocycles. The number of hydrogen-bond donors (Lipinski definition) is 2. The van der Waals surface area contributed by atoms with Gasteiger partial charge >= 0.3 is 0 Å². The van der Waals surface area contributed by atoms with Gasteiger partial charge in [0.05, 0.1) is 65.9 Å². The topological polar surface area (TPSA) is 255 Å². The van der Waals surface area contributed by atoms with Crippen molar-refractivity contribution in [1.29, 1.82) is 0 Å². The van der Waals surface area contributed by atoms with Crippen LogP contribution in [0.4, 0.5) is 31.5 Å². The standard InChI is InChI=1S/C47H43F2N9O10S3/c1-69(63,64)58(30-10-12-32-34(16-30)70(65,66)54-44(52-32)38-42(59)36-22-2-4-24(14-22)40(36)56(46(38)61)20-28-8-6-26(48)18-50-28)31-11-13-33-35(17-31)71(67,68)55-45(53-33)39-43(60)37-23-3-5-25(15-23)41(37)57(47(39)62)21-29-9-7-27(49)19-51-29/h6-13,16-19,22-25,36-41H,2-5,14-15,20-21H2,1H3,(H,52,54)(H,53,55). The van der Waals surface area contributed by atoms with E-state index in [2.05, 4.69) is 29.4 Å². The van der Waals surface area contributed by atoms with Crippen LogP contribution in [0.25, 0.3) is 0 Å². The molecule has 12 rings (SSSR count). The Bertz CT molecular complexity index is 3240. The van der Waals surface area contributed by atoms with Crippen molar-refractivity contribution in [3.8, 4) is 0 Å². The van der Waals surface area contributed by atoms with Crippen molar-refractivity contribution < 1.29 is 53.2 Å². The van der Waals surface area contributed by atoms with Gasteiger partial charge in [0, 0.05) is 23.9 Å². The number of nitrogens with one attached hydrogen (secondary N) is 2. The van der Waals surface area contributed by atoms with E-state index in [9.17, 15) is 53.2 Å². The van der Waals surface area contributed by atoms with Gasteiger partial charge in [-0.05, 0) is 123 Å². The van der Waals surface area contributed by atoms with Gasteiger partial charge in [0.25, 0.3) is 20.0 Å². The summed E-state index contributed by atoms with van der Waals surface area (Å²) in [5.74, 6) is -8.61. The number of benzene rings is 2. The number of carbonyl (C=O) groups excluding carboxylic acids is 4. The molecule has 2 N–H and O–H groups in total. The minimum atomic E-state index is -4.75. The van der Waals surface area contributed by atoms with Crippen LogP contribution in [0.3, 0.4) is 0 Å². The average molecular weight is 1030 g/mol. The Morgan fingerprint density at radius 2 is 1.03 bits per heavy atom. The van der Waals surface area contributed by atoms with Crippen LogP contribution in [0.2, 0.25) is 0 Å². The quantitative estimate of drug-likeness (QED) is 0.223.